The highest BCUT2D eigenvalue weighted by Crippen LogP contribution is 2.11. The first-order valence-corrected chi connectivity index (χ1v) is 6.94. The molecule has 3 heteroatoms. The van der Waals surface area contributed by atoms with Gasteiger partial charge >= 0.3 is 0 Å². The van der Waals surface area contributed by atoms with E-state index >= 15 is 0 Å². The maximum Gasteiger partial charge on any atom is 0.129 e. The summed E-state index contributed by atoms with van der Waals surface area (Å²) in [5.41, 5.74) is 0.987. The van der Waals surface area contributed by atoms with Crippen molar-refractivity contribution in [3.8, 4) is 6.07 Å². The molecule has 1 rings (SSSR count). The number of benzene rings is 1. The van der Waals surface area contributed by atoms with Crippen LogP contribution in [0.1, 0.15) is 51.2 Å². The molecule has 19 heavy (non-hydrogen) atoms. The summed E-state index contributed by atoms with van der Waals surface area (Å²) in [7, 11) is 0. The Morgan fingerprint density at radius 2 is 2.00 bits per heavy atom. The molecular formula is C16H23FN2. The highest BCUT2D eigenvalue weighted by molar-refractivity contribution is 5.32. The van der Waals surface area contributed by atoms with E-state index in [0.29, 0.717) is 23.7 Å². The Kier molecular flexibility index (Phi) is 6.52. The third-order valence-corrected chi connectivity index (χ3v) is 3.24. The van der Waals surface area contributed by atoms with Crippen LogP contribution in [-0.2, 0) is 6.54 Å². The van der Waals surface area contributed by atoms with Crippen LogP contribution < -0.4 is 5.32 Å². The number of hydrogen-bond donors (Lipinski definition) is 1. The van der Waals surface area contributed by atoms with Crippen LogP contribution in [0.25, 0.3) is 0 Å². The third kappa shape index (κ3) is 5.85. The van der Waals surface area contributed by atoms with E-state index < -0.39 is 0 Å². The van der Waals surface area contributed by atoms with Gasteiger partial charge in [-0.25, -0.2) is 4.39 Å². The molecule has 0 heterocycles. The molecule has 1 N–H and O–H groups in total. The van der Waals surface area contributed by atoms with E-state index in [0.717, 1.165) is 12.3 Å². The van der Waals surface area contributed by atoms with Gasteiger partial charge in [0.1, 0.15) is 5.82 Å². The zero-order valence-electron chi connectivity index (χ0n) is 12.0. The van der Waals surface area contributed by atoms with E-state index in [1.54, 1.807) is 12.1 Å². The molecule has 0 amide bonds. The van der Waals surface area contributed by atoms with E-state index in [4.69, 9.17) is 5.26 Å². The summed E-state index contributed by atoms with van der Waals surface area (Å²) in [5.74, 6) is 0.434. The van der Waals surface area contributed by atoms with Crippen molar-refractivity contribution in [1.82, 2.24) is 5.32 Å². The molecule has 2 nitrogen and oxygen atoms in total. The standard InChI is InChI=1S/C16H23FN2/c1-12(2)5-4-6-13(3)19-11-15-8-7-14(10-18)9-16(15)17/h7-9,12-13,19H,4-6,11H2,1-3H3. The highest BCUT2D eigenvalue weighted by atomic mass is 19.1. The molecule has 0 radical (unpaired) electrons. The quantitative estimate of drug-likeness (QED) is 0.806. The molecule has 0 saturated carbocycles. The van der Waals surface area contributed by atoms with Crippen molar-refractivity contribution >= 4 is 0 Å². The van der Waals surface area contributed by atoms with Crippen molar-refractivity contribution in [2.24, 2.45) is 5.92 Å². The van der Waals surface area contributed by atoms with Gasteiger partial charge in [0.05, 0.1) is 11.6 Å². The lowest BCUT2D eigenvalue weighted by Crippen LogP contribution is -2.25. The Labute approximate surface area is 115 Å². The largest absolute Gasteiger partial charge is 0.310 e. The minimum absolute atomic E-state index is 0.305. The number of nitriles is 1. The zero-order chi connectivity index (χ0) is 14.3. The summed E-state index contributed by atoms with van der Waals surface area (Å²) < 4.78 is 13.7. The lowest BCUT2D eigenvalue weighted by molar-refractivity contribution is 0.453. The predicted molar refractivity (Wildman–Crippen MR) is 76.1 cm³/mol. The van der Waals surface area contributed by atoms with Crippen LogP contribution in [0.4, 0.5) is 4.39 Å². The van der Waals surface area contributed by atoms with Crippen molar-refractivity contribution in [3.05, 3.63) is 35.1 Å². The summed E-state index contributed by atoms with van der Waals surface area (Å²) in [5, 5.41) is 12.0. The third-order valence-electron chi connectivity index (χ3n) is 3.24. The van der Waals surface area contributed by atoms with Gasteiger partial charge in [-0.3, -0.25) is 0 Å². The van der Waals surface area contributed by atoms with Gasteiger partial charge in [0.25, 0.3) is 0 Å². The highest BCUT2D eigenvalue weighted by Gasteiger charge is 2.06. The topological polar surface area (TPSA) is 35.8 Å². The molecule has 1 unspecified atom stereocenters. The van der Waals surface area contributed by atoms with Gasteiger partial charge in [-0.1, -0.05) is 32.8 Å². The fraction of sp³-hybridized carbons (Fsp3) is 0.562. The van der Waals surface area contributed by atoms with Gasteiger partial charge in [0, 0.05) is 18.2 Å². The number of nitrogens with zero attached hydrogens (tertiary/aromatic N) is 1. The molecule has 0 aliphatic carbocycles. The first-order chi connectivity index (χ1) is 9.02. The second-order valence-corrected chi connectivity index (χ2v) is 5.52. The van der Waals surface area contributed by atoms with Crippen molar-refractivity contribution in [3.63, 3.8) is 0 Å². The van der Waals surface area contributed by atoms with Crippen LogP contribution in [0, 0.1) is 23.1 Å². The van der Waals surface area contributed by atoms with Crippen LogP contribution in [0.5, 0.6) is 0 Å². The lowest BCUT2D eigenvalue weighted by Gasteiger charge is -2.15. The Hall–Kier alpha value is -1.40. The second kappa shape index (κ2) is 7.91. The van der Waals surface area contributed by atoms with Gasteiger partial charge in [0.15, 0.2) is 0 Å². The molecule has 0 saturated heterocycles. The Morgan fingerprint density at radius 1 is 1.26 bits per heavy atom. The first-order valence-electron chi connectivity index (χ1n) is 6.94. The zero-order valence-corrected chi connectivity index (χ0v) is 12.0. The Bertz CT molecular complexity index is 435. The SMILES string of the molecule is CC(C)CCCC(C)NCc1ccc(C#N)cc1F. The molecule has 1 aromatic carbocycles. The first kappa shape index (κ1) is 15.7. The monoisotopic (exact) mass is 262 g/mol. The van der Waals surface area contributed by atoms with Crippen LogP contribution >= 0.6 is 0 Å². The molecule has 0 spiro atoms. The van der Waals surface area contributed by atoms with Crippen molar-refractivity contribution in [1.29, 1.82) is 5.26 Å². The molecule has 104 valence electrons. The molecule has 1 aromatic rings. The lowest BCUT2D eigenvalue weighted by atomic mass is 10.0. The Morgan fingerprint density at radius 3 is 2.58 bits per heavy atom. The summed E-state index contributed by atoms with van der Waals surface area (Å²) in [6.07, 6.45) is 3.54. The molecule has 0 aromatic heterocycles. The molecular weight excluding hydrogens is 239 g/mol. The molecule has 0 fully saturated rings. The van der Waals surface area contributed by atoms with E-state index in [-0.39, 0.29) is 5.82 Å². The average molecular weight is 262 g/mol. The van der Waals surface area contributed by atoms with Crippen LogP contribution in [0.2, 0.25) is 0 Å². The van der Waals surface area contributed by atoms with Crippen LogP contribution in [0.3, 0.4) is 0 Å². The Balaban J connectivity index is 2.38. The smallest absolute Gasteiger partial charge is 0.129 e. The van der Waals surface area contributed by atoms with Gasteiger partial charge < -0.3 is 5.32 Å². The minimum atomic E-state index is -0.305. The van der Waals surface area contributed by atoms with Crippen molar-refractivity contribution < 1.29 is 4.39 Å². The fourth-order valence-corrected chi connectivity index (χ4v) is 1.98. The normalized spacial score (nSPS) is 12.4. The van der Waals surface area contributed by atoms with Crippen LogP contribution in [-0.4, -0.2) is 6.04 Å². The summed E-state index contributed by atoms with van der Waals surface area (Å²) >= 11 is 0. The molecule has 0 bridgehead atoms. The van der Waals surface area contributed by atoms with Crippen LogP contribution in [0.15, 0.2) is 18.2 Å². The number of nitrogens with one attached hydrogen (secondary N) is 1. The van der Waals surface area contributed by atoms with Gasteiger partial charge in [-0.2, -0.15) is 5.26 Å². The average Bonchev–Trinajstić information content (AvgIpc) is 2.36. The van der Waals surface area contributed by atoms with Crippen molar-refractivity contribution in [2.75, 3.05) is 0 Å². The number of rotatable bonds is 7. The minimum Gasteiger partial charge on any atom is -0.310 e. The van der Waals surface area contributed by atoms with Crippen molar-refractivity contribution in [2.45, 2.75) is 52.6 Å². The maximum atomic E-state index is 13.7. The molecule has 1 atom stereocenters. The second-order valence-electron chi connectivity index (χ2n) is 5.52. The summed E-state index contributed by atoms with van der Waals surface area (Å²) in [6.45, 7) is 7.09. The number of halogens is 1. The maximum absolute atomic E-state index is 13.7. The van der Waals surface area contributed by atoms with E-state index in [2.05, 4.69) is 26.1 Å². The van der Waals surface area contributed by atoms with E-state index in [1.165, 1.54) is 18.9 Å². The fourth-order valence-electron chi connectivity index (χ4n) is 1.98. The van der Waals surface area contributed by atoms with E-state index in [1.807, 2.05) is 6.07 Å². The summed E-state index contributed by atoms with van der Waals surface area (Å²) in [6, 6.07) is 6.95. The van der Waals surface area contributed by atoms with Gasteiger partial charge in [-0.15, -0.1) is 0 Å². The number of hydrogen-bond acceptors (Lipinski definition) is 2. The van der Waals surface area contributed by atoms with E-state index in [9.17, 15) is 4.39 Å². The molecule has 0 aliphatic heterocycles. The molecule has 0 aliphatic rings. The van der Waals surface area contributed by atoms with Gasteiger partial charge in [0.2, 0.25) is 0 Å². The predicted octanol–water partition coefficient (Wildman–Crippen LogP) is 4.00. The summed E-state index contributed by atoms with van der Waals surface area (Å²) in [4.78, 5) is 0. The van der Waals surface area contributed by atoms with Gasteiger partial charge in [-0.05, 0) is 31.4 Å².